The van der Waals surface area contributed by atoms with E-state index in [-0.39, 0.29) is 18.0 Å². The van der Waals surface area contributed by atoms with Crippen molar-refractivity contribution >= 4 is 34.5 Å². The summed E-state index contributed by atoms with van der Waals surface area (Å²) in [6.45, 7) is 1.92. The Balaban J connectivity index is 2.55. The van der Waals surface area contributed by atoms with Crippen molar-refractivity contribution in [2.45, 2.75) is 26.2 Å². The molecule has 4 heteroatoms. The van der Waals surface area contributed by atoms with Crippen molar-refractivity contribution in [2.75, 3.05) is 0 Å². The quantitative estimate of drug-likeness (QED) is 0.574. The van der Waals surface area contributed by atoms with Crippen molar-refractivity contribution in [2.24, 2.45) is 0 Å². The zero-order valence-corrected chi connectivity index (χ0v) is 9.45. The van der Waals surface area contributed by atoms with E-state index in [0.29, 0.717) is 15.6 Å². The lowest BCUT2D eigenvalue weighted by molar-refractivity contribution is -0.118. The minimum Gasteiger partial charge on any atom is -0.299 e. The van der Waals surface area contributed by atoms with Gasteiger partial charge in [0.1, 0.15) is 5.78 Å². The van der Waals surface area contributed by atoms with Crippen molar-refractivity contribution in [3.05, 3.63) is 21.3 Å². The Morgan fingerprint density at radius 2 is 2.14 bits per heavy atom. The van der Waals surface area contributed by atoms with E-state index in [4.69, 9.17) is 11.6 Å². The van der Waals surface area contributed by atoms with Gasteiger partial charge in [-0.2, -0.15) is 0 Å². The van der Waals surface area contributed by atoms with Gasteiger partial charge in [0.25, 0.3) is 0 Å². The van der Waals surface area contributed by atoms with Crippen LogP contribution in [-0.4, -0.2) is 11.6 Å². The third-order valence-corrected chi connectivity index (χ3v) is 3.01. The molecular weight excluding hydrogens is 220 g/mol. The lowest BCUT2D eigenvalue weighted by Gasteiger charge is -1.95. The summed E-state index contributed by atoms with van der Waals surface area (Å²) in [5.41, 5.74) is 0. The fourth-order valence-corrected chi connectivity index (χ4v) is 2.08. The molecule has 0 atom stereocenters. The molecule has 0 aliphatic heterocycles. The minimum atomic E-state index is -0.125. The monoisotopic (exact) mass is 230 g/mol. The van der Waals surface area contributed by atoms with Gasteiger partial charge < -0.3 is 0 Å². The highest BCUT2D eigenvalue weighted by molar-refractivity contribution is 7.18. The third kappa shape index (κ3) is 3.24. The van der Waals surface area contributed by atoms with Crippen LogP contribution in [0.2, 0.25) is 4.34 Å². The van der Waals surface area contributed by atoms with Crippen LogP contribution >= 0.6 is 22.9 Å². The molecule has 0 aliphatic rings. The first-order chi connectivity index (χ1) is 6.63. The maximum Gasteiger partial charge on any atom is 0.180 e. The van der Waals surface area contributed by atoms with Crippen molar-refractivity contribution in [3.63, 3.8) is 0 Å². The van der Waals surface area contributed by atoms with Gasteiger partial charge in [0.05, 0.1) is 15.6 Å². The predicted octanol–water partition coefficient (Wildman–Crippen LogP) is 3.34. The van der Waals surface area contributed by atoms with Gasteiger partial charge in [0.15, 0.2) is 5.78 Å². The van der Waals surface area contributed by atoms with Crippen molar-refractivity contribution in [1.29, 1.82) is 0 Å². The lowest BCUT2D eigenvalue weighted by atomic mass is 10.1. The Morgan fingerprint density at radius 3 is 2.64 bits per heavy atom. The molecule has 0 amide bonds. The van der Waals surface area contributed by atoms with Crippen LogP contribution in [0.15, 0.2) is 12.1 Å². The maximum absolute atomic E-state index is 11.5. The summed E-state index contributed by atoms with van der Waals surface area (Å²) >= 11 is 6.90. The molecule has 0 saturated carbocycles. The number of rotatable bonds is 5. The normalized spacial score (nSPS) is 10.1. The van der Waals surface area contributed by atoms with Crippen molar-refractivity contribution < 1.29 is 9.59 Å². The SMILES string of the molecule is CCCC(=O)CC(=O)c1ccc(Cl)s1. The molecule has 0 spiro atoms. The summed E-state index contributed by atoms with van der Waals surface area (Å²) in [4.78, 5) is 23.2. The van der Waals surface area contributed by atoms with E-state index in [0.717, 1.165) is 6.42 Å². The number of halogens is 1. The van der Waals surface area contributed by atoms with Crippen LogP contribution < -0.4 is 0 Å². The molecule has 0 N–H and O–H groups in total. The Bertz CT molecular complexity index is 344. The maximum atomic E-state index is 11.5. The standard InChI is InChI=1S/C10H11ClO2S/c1-2-3-7(12)6-8(13)9-4-5-10(11)14-9/h4-5H,2-3,6H2,1H3. The fraction of sp³-hybridized carbons (Fsp3) is 0.400. The first-order valence-corrected chi connectivity index (χ1v) is 5.63. The summed E-state index contributed by atoms with van der Waals surface area (Å²) in [6.07, 6.45) is 1.27. The van der Waals surface area contributed by atoms with Crippen LogP contribution in [0.5, 0.6) is 0 Å². The molecule has 0 aliphatic carbocycles. The molecule has 2 nitrogen and oxygen atoms in total. The second-order valence-corrected chi connectivity index (χ2v) is 4.71. The predicted molar refractivity (Wildman–Crippen MR) is 58.2 cm³/mol. The summed E-state index contributed by atoms with van der Waals surface area (Å²) in [5, 5.41) is 0. The van der Waals surface area contributed by atoms with Gasteiger partial charge in [-0.3, -0.25) is 9.59 Å². The van der Waals surface area contributed by atoms with Gasteiger partial charge in [-0.05, 0) is 18.6 Å². The van der Waals surface area contributed by atoms with E-state index in [1.807, 2.05) is 6.92 Å². The van der Waals surface area contributed by atoms with Gasteiger partial charge in [-0.15, -0.1) is 11.3 Å². The third-order valence-electron chi connectivity index (χ3n) is 1.73. The van der Waals surface area contributed by atoms with Gasteiger partial charge in [0.2, 0.25) is 0 Å². The topological polar surface area (TPSA) is 34.1 Å². The van der Waals surface area contributed by atoms with Crippen LogP contribution in [0, 0.1) is 0 Å². The molecule has 14 heavy (non-hydrogen) atoms. The fourth-order valence-electron chi connectivity index (χ4n) is 1.10. The van der Waals surface area contributed by atoms with Gasteiger partial charge in [-0.1, -0.05) is 18.5 Å². The first-order valence-electron chi connectivity index (χ1n) is 4.43. The van der Waals surface area contributed by atoms with E-state index in [1.165, 1.54) is 11.3 Å². The second kappa shape index (κ2) is 5.27. The Kier molecular flexibility index (Phi) is 4.29. The molecule has 1 aromatic heterocycles. The van der Waals surface area contributed by atoms with Crippen molar-refractivity contribution in [1.82, 2.24) is 0 Å². The molecule has 0 aromatic carbocycles. The smallest absolute Gasteiger partial charge is 0.180 e. The molecule has 0 radical (unpaired) electrons. The molecule has 0 fully saturated rings. The minimum absolute atomic E-state index is 0.00187. The number of hydrogen-bond acceptors (Lipinski definition) is 3. The van der Waals surface area contributed by atoms with E-state index in [1.54, 1.807) is 12.1 Å². The van der Waals surface area contributed by atoms with Crippen LogP contribution in [0.1, 0.15) is 35.9 Å². The second-order valence-electron chi connectivity index (χ2n) is 2.99. The molecule has 1 aromatic rings. The number of carbonyl (C=O) groups is 2. The summed E-state index contributed by atoms with van der Waals surface area (Å²) in [6, 6.07) is 3.33. The van der Waals surface area contributed by atoms with Gasteiger partial charge in [-0.25, -0.2) is 0 Å². The average Bonchev–Trinajstić information content (AvgIpc) is 2.52. The van der Waals surface area contributed by atoms with E-state index in [9.17, 15) is 9.59 Å². The lowest BCUT2D eigenvalue weighted by Crippen LogP contribution is -2.06. The van der Waals surface area contributed by atoms with E-state index >= 15 is 0 Å². The number of carbonyl (C=O) groups excluding carboxylic acids is 2. The number of Topliss-reactive ketones (excluding diaryl/α,β-unsaturated/α-hetero) is 2. The van der Waals surface area contributed by atoms with Crippen LogP contribution in [0.25, 0.3) is 0 Å². The average molecular weight is 231 g/mol. The van der Waals surface area contributed by atoms with Crippen LogP contribution in [0.4, 0.5) is 0 Å². The van der Waals surface area contributed by atoms with Crippen LogP contribution in [-0.2, 0) is 4.79 Å². The van der Waals surface area contributed by atoms with Gasteiger partial charge >= 0.3 is 0 Å². The van der Waals surface area contributed by atoms with Crippen molar-refractivity contribution in [3.8, 4) is 0 Å². The number of hydrogen-bond donors (Lipinski definition) is 0. The molecule has 0 unspecified atom stereocenters. The molecule has 1 heterocycles. The first kappa shape index (κ1) is 11.4. The Morgan fingerprint density at radius 1 is 1.43 bits per heavy atom. The largest absolute Gasteiger partial charge is 0.299 e. The highest BCUT2D eigenvalue weighted by Crippen LogP contribution is 2.22. The van der Waals surface area contributed by atoms with E-state index < -0.39 is 0 Å². The molecule has 0 bridgehead atoms. The highest BCUT2D eigenvalue weighted by atomic mass is 35.5. The van der Waals surface area contributed by atoms with Gasteiger partial charge in [0, 0.05) is 6.42 Å². The Hall–Kier alpha value is -0.670. The summed E-state index contributed by atoms with van der Waals surface area (Å²) < 4.78 is 0.580. The summed E-state index contributed by atoms with van der Waals surface area (Å²) in [5.74, 6) is -0.123. The molecular formula is C10H11ClO2S. The Labute approximate surface area is 91.9 Å². The summed E-state index contributed by atoms with van der Waals surface area (Å²) in [7, 11) is 0. The molecule has 0 saturated heterocycles. The van der Waals surface area contributed by atoms with E-state index in [2.05, 4.69) is 0 Å². The zero-order chi connectivity index (χ0) is 10.6. The molecule has 1 rings (SSSR count). The zero-order valence-electron chi connectivity index (χ0n) is 7.88. The number of ketones is 2. The van der Waals surface area contributed by atoms with Crippen LogP contribution in [0.3, 0.4) is 0 Å². The number of thiophene rings is 1. The molecule has 76 valence electrons. The highest BCUT2D eigenvalue weighted by Gasteiger charge is 2.12.